The maximum absolute atomic E-state index is 13.2. The molecule has 78 valence electrons. The first-order valence-corrected chi connectivity index (χ1v) is 4.70. The van der Waals surface area contributed by atoms with E-state index in [1.165, 1.54) is 6.07 Å². The van der Waals surface area contributed by atoms with Crippen LogP contribution in [0.15, 0.2) is 47.1 Å². The maximum atomic E-state index is 13.2. The lowest BCUT2D eigenvalue weighted by molar-refractivity contribution is 0.0909. The Morgan fingerprint density at radius 1 is 1.07 bits per heavy atom. The van der Waals surface area contributed by atoms with Crippen molar-refractivity contribution in [2.75, 3.05) is 0 Å². The van der Waals surface area contributed by atoms with Crippen LogP contribution in [-0.2, 0) is 18.0 Å². The molecule has 2 rings (SSSR count). The largest absolute Gasteiger partial charge is 0.467 e. The molecular weight excluding hydrogens is 195 g/mol. The molecule has 2 aromatic rings. The van der Waals surface area contributed by atoms with Crippen molar-refractivity contribution in [1.29, 1.82) is 0 Å². The van der Waals surface area contributed by atoms with Gasteiger partial charge in [0.25, 0.3) is 0 Å². The standard InChI is InChI=1S/C12H11FO2/c13-12-6-2-1-4-10(12)8-14-9-11-5-3-7-15-11/h1-7H,8-9H2. The third kappa shape index (κ3) is 2.67. The van der Waals surface area contributed by atoms with Crippen LogP contribution < -0.4 is 0 Å². The predicted octanol–water partition coefficient (Wildman–Crippen LogP) is 3.14. The summed E-state index contributed by atoms with van der Waals surface area (Å²) >= 11 is 0. The second-order valence-corrected chi connectivity index (χ2v) is 3.16. The summed E-state index contributed by atoms with van der Waals surface area (Å²) < 4.78 is 23.5. The van der Waals surface area contributed by atoms with Crippen LogP contribution in [0, 0.1) is 5.82 Å². The quantitative estimate of drug-likeness (QED) is 0.766. The van der Waals surface area contributed by atoms with Gasteiger partial charge in [-0.15, -0.1) is 0 Å². The van der Waals surface area contributed by atoms with Crippen molar-refractivity contribution >= 4 is 0 Å². The average Bonchev–Trinajstić information content (AvgIpc) is 2.74. The molecule has 0 spiro atoms. The normalized spacial score (nSPS) is 10.5. The van der Waals surface area contributed by atoms with Gasteiger partial charge in [-0.3, -0.25) is 0 Å². The fourth-order valence-corrected chi connectivity index (χ4v) is 1.27. The topological polar surface area (TPSA) is 22.4 Å². The van der Waals surface area contributed by atoms with Gasteiger partial charge in [-0.2, -0.15) is 0 Å². The lowest BCUT2D eigenvalue weighted by Gasteiger charge is -2.03. The molecule has 1 heterocycles. The van der Waals surface area contributed by atoms with Gasteiger partial charge in [0.2, 0.25) is 0 Å². The van der Waals surface area contributed by atoms with Crippen LogP contribution in [0.2, 0.25) is 0 Å². The van der Waals surface area contributed by atoms with E-state index in [-0.39, 0.29) is 12.4 Å². The second-order valence-electron chi connectivity index (χ2n) is 3.16. The first-order chi connectivity index (χ1) is 7.36. The lowest BCUT2D eigenvalue weighted by atomic mass is 10.2. The van der Waals surface area contributed by atoms with E-state index in [9.17, 15) is 4.39 Å². The number of ether oxygens (including phenoxy) is 1. The molecule has 0 unspecified atom stereocenters. The molecular formula is C12H11FO2. The lowest BCUT2D eigenvalue weighted by Crippen LogP contribution is -1.95. The maximum Gasteiger partial charge on any atom is 0.129 e. The van der Waals surface area contributed by atoms with E-state index in [0.29, 0.717) is 12.2 Å². The Labute approximate surface area is 87.3 Å². The number of rotatable bonds is 4. The molecule has 0 aliphatic carbocycles. The van der Waals surface area contributed by atoms with Crippen LogP contribution in [0.4, 0.5) is 4.39 Å². The fraction of sp³-hybridized carbons (Fsp3) is 0.167. The SMILES string of the molecule is Fc1ccccc1COCc1ccco1. The summed E-state index contributed by atoms with van der Waals surface area (Å²) in [5.74, 6) is 0.503. The minimum absolute atomic E-state index is 0.239. The van der Waals surface area contributed by atoms with Gasteiger partial charge >= 0.3 is 0 Å². The fourth-order valence-electron chi connectivity index (χ4n) is 1.27. The van der Waals surface area contributed by atoms with Gasteiger partial charge in [0.05, 0.1) is 12.9 Å². The van der Waals surface area contributed by atoms with Crippen molar-refractivity contribution in [3.8, 4) is 0 Å². The average molecular weight is 206 g/mol. The van der Waals surface area contributed by atoms with Crippen molar-refractivity contribution in [1.82, 2.24) is 0 Å². The minimum Gasteiger partial charge on any atom is -0.467 e. The van der Waals surface area contributed by atoms with Gasteiger partial charge in [0.1, 0.15) is 18.2 Å². The first kappa shape index (κ1) is 9.93. The van der Waals surface area contributed by atoms with Gasteiger partial charge in [0.15, 0.2) is 0 Å². The molecule has 3 heteroatoms. The molecule has 0 N–H and O–H groups in total. The van der Waals surface area contributed by atoms with E-state index < -0.39 is 0 Å². The Morgan fingerprint density at radius 2 is 1.93 bits per heavy atom. The van der Waals surface area contributed by atoms with Crippen molar-refractivity contribution in [3.05, 3.63) is 59.8 Å². The van der Waals surface area contributed by atoms with Crippen LogP contribution in [-0.4, -0.2) is 0 Å². The molecule has 0 atom stereocenters. The van der Waals surface area contributed by atoms with Crippen LogP contribution in [0.3, 0.4) is 0 Å². The number of halogens is 1. The highest BCUT2D eigenvalue weighted by Crippen LogP contribution is 2.09. The number of hydrogen-bond donors (Lipinski definition) is 0. The zero-order chi connectivity index (χ0) is 10.5. The van der Waals surface area contributed by atoms with Gasteiger partial charge in [0, 0.05) is 5.56 Å². The Bertz CT molecular complexity index is 409. The highest BCUT2D eigenvalue weighted by molar-refractivity contribution is 5.16. The summed E-state index contributed by atoms with van der Waals surface area (Å²) in [6.07, 6.45) is 1.59. The van der Waals surface area contributed by atoms with Crippen molar-refractivity contribution < 1.29 is 13.5 Å². The van der Waals surface area contributed by atoms with Gasteiger partial charge in [-0.05, 0) is 18.2 Å². The Kier molecular flexibility index (Phi) is 3.15. The second kappa shape index (κ2) is 4.75. The van der Waals surface area contributed by atoms with Gasteiger partial charge in [-0.1, -0.05) is 18.2 Å². The Balaban J connectivity index is 1.86. The molecule has 0 aliphatic rings. The zero-order valence-corrected chi connectivity index (χ0v) is 8.15. The zero-order valence-electron chi connectivity index (χ0n) is 8.15. The molecule has 0 bridgehead atoms. The molecule has 0 saturated carbocycles. The predicted molar refractivity (Wildman–Crippen MR) is 53.6 cm³/mol. The van der Waals surface area contributed by atoms with E-state index >= 15 is 0 Å². The molecule has 0 radical (unpaired) electrons. The summed E-state index contributed by atoms with van der Waals surface area (Å²) in [5, 5.41) is 0. The highest BCUT2D eigenvalue weighted by Gasteiger charge is 2.01. The summed E-state index contributed by atoms with van der Waals surface area (Å²) in [5.41, 5.74) is 0.559. The highest BCUT2D eigenvalue weighted by atomic mass is 19.1. The monoisotopic (exact) mass is 206 g/mol. The summed E-state index contributed by atoms with van der Waals surface area (Å²) in [7, 11) is 0. The molecule has 1 aromatic carbocycles. The molecule has 0 amide bonds. The molecule has 15 heavy (non-hydrogen) atoms. The van der Waals surface area contributed by atoms with Crippen molar-refractivity contribution in [3.63, 3.8) is 0 Å². The number of benzene rings is 1. The van der Waals surface area contributed by atoms with E-state index in [0.717, 1.165) is 5.76 Å². The molecule has 0 fully saturated rings. The third-order valence-electron chi connectivity index (χ3n) is 2.04. The van der Waals surface area contributed by atoms with Gasteiger partial charge < -0.3 is 9.15 Å². The van der Waals surface area contributed by atoms with Crippen LogP contribution in [0.5, 0.6) is 0 Å². The van der Waals surface area contributed by atoms with Crippen LogP contribution >= 0.6 is 0 Å². The van der Waals surface area contributed by atoms with Gasteiger partial charge in [-0.25, -0.2) is 4.39 Å². The molecule has 1 aromatic heterocycles. The molecule has 0 saturated heterocycles. The van der Waals surface area contributed by atoms with E-state index in [1.807, 2.05) is 6.07 Å². The van der Waals surface area contributed by atoms with E-state index in [2.05, 4.69) is 0 Å². The number of hydrogen-bond acceptors (Lipinski definition) is 2. The van der Waals surface area contributed by atoms with Crippen LogP contribution in [0.25, 0.3) is 0 Å². The Morgan fingerprint density at radius 3 is 2.67 bits per heavy atom. The minimum atomic E-state index is -0.239. The third-order valence-corrected chi connectivity index (χ3v) is 2.04. The van der Waals surface area contributed by atoms with Crippen LogP contribution in [0.1, 0.15) is 11.3 Å². The summed E-state index contributed by atoms with van der Waals surface area (Å²) in [6, 6.07) is 10.2. The van der Waals surface area contributed by atoms with E-state index in [1.54, 1.807) is 30.5 Å². The Hall–Kier alpha value is -1.61. The van der Waals surface area contributed by atoms with Crippen molar-refractivity contribution in [2.45, 2.75) is 13.2 Å². The van der Waals surface area contributed by atoms with E-state index in [4.69, 9.17) is 9.15 Å². The smallest absolute Gasteiger partial charge is 0.129 e. The summed E-state index contributed by atoms with van der Waals surface area (Å²) in [6.45, 7) is 0.620. The first-order valence-electron chi connectivity index (χ1n) is 4.70. The van der Waals surface area contributed by atoms with Crippen molar-refractivity contribution in [2.24, 2.45) is 0 Å². The summed E-state index contributed by atoms with van der Waals surface area (Å²) in [4.78, 5) is 0. The molecule has 2 nitrogen and oxygen atoms in total. The number of furan rings is 1. The molecule has 0 aliphatic heterocycles.